The molecule has 0 N–H and O–H groups in total. The third-order valence-electron chi connectivity index (χ3n) is 9.79. The smallest absolute Gasteiger partial charge is 0.266 e. The van der Waals surface area contributed by atoms with E-state index in [2.05, 4.69) is 11.1 Å². The Bertz CT molecular complexity index is 3010. The molecule has 9 aromatic rings. The predicted molar refractivity (Wildman–Crippen MR) is 214 cm³/mol. The summed E-state index contributed by atoms with van der Waals surface area (Å²) in [5.41, 5.74) is 7.92. The summed E-state index contributed by atoms with van der Waals surface area (Å²) in [6.45, 7) is 6.41. The normalized spacial score (nSPS) is 11.9. The highest BCUT2D eigenvalue weighted by Crippen LogP contribution is 2.39. The lowest BCUT2D eigenvalue weighted by Crippen LogP contribution is -2.28. The lowest BCUT2D eigenvalue weighted by atomic mass is 9.98. The highest BCUT2D eigenvalue weighted by molar-refractivity contribution is 6.20. The van der Waals surface area contributed by atoms with E-state index in [1.807, 2.05) is 165 Å². The van der Waals surface area contributed by atoms with Crippen LogP contribution in [-0.4, -0.2) is 19.4 Å². The van der Waals surface area contributed by atoms with Gasteiger partial charge in [0.05, 0.1) is 38.7 Å². The molecule has 6 heteroatoms. The van der Waals surface area contributed by atoms with E-state index in [1.165, 1.54) is 0 Å². The Labute approximate surface area is 299 Å². The maximum absolute atomic E-state index is 15.3. The fourth-order valence-electron chi connectivity index (χ4n) is 7.49. The van der Waals surface area contributed by atoms with Crippen molar-refractivity contribution < 1.29 is 0 Å². The second kappa shape index (κ2) is 12.4. The minimum absolute atomic E-state index is 0.209. The molecule has 6 nitrogen and oxygen atoms in total. The molecule has 0 spiro atoms. The van der Waals surface area contributed by atoms with Gasteiger partial charge in [0.25, 0.3) is 11.1 Å². The van der Waals surface area contributed by atoms with Gasteiger partial charge in [-0.1, -0.05) is 134 Å². The van der Waals surface area contributed by atoms with Gasteiger partial charge in [-0.2, -0.15) is 0 Å². The van der Waals surface area contributed by atoms with Crippen LogP contribution in [0.2, 0.25) is 0 Å². The van der Waals surface area contributed by atoms with Crippen molar-refractivity contribution in [3.05, 3.63) is 202 Å². The molecule has 0 bridgehead atoms. The van der Waals surface area contributed by atoms with Gasteiger partial charge in [-0.15, -0.1) is 0 Å². The van der Waals surface area contributed by atoms with E-state index in [9.17, 15) is 4.79 Å². The summed E-state index contributed by atoms with van der Waals surface area (Å²) in [7, 11) is 0. The summed E-state index contributed by atoms with van der Waals surface area (Å²) < 4.78 is 5.47. The van der Waals surface area contributed by atoms with Crippen LogP contribution in [0.5, 0.6) is 0 Å². The van der Waals surface area contributed by atoms with E-state index in [1.54, 1.807) is 15.0 Å². The quantitative estimate of drug-likeness (QED) is 0.104. The second-order valence-corrected chi connectivity index (χ2v) is 12.8. The third kappa shape index (κ3) is 4.76. The molecule has 0 radical (unpaired) electrons. The number of aliphatic imine (C=N–C) groups is 1. The van der Waals surface area contributed by atoms with Crippen LogP contribution in [0.15, 0.2) is 185 Å². The molecular formula is C46H32N4O2. The predicted octanol–water partition coefficient (Wildman–Crippen LogP) is 10.0. The van der Waals surface area contributed by atoms with Crippen molar-refractivity contribution in [1.29, 1.82) is 0 Å². The SMILES string of the molecule is C=C(c1ccccc1)c1ccccc1/N=C(\C)n1c2ccccc2c2c(=O)n3c4ccccc4c(=O)n(-c4ccccc4)c3c(-c3ccccc3)c21. The number of aromatic nitrogens is 3. The van der Waals surface area contributed by atoms with Crippen molar-refractivity contribution in [2.45, 2.75) is 6.92 Å². The molecule has 0 saturated heterocycles. The average molecular weight is 673 g/mol. The van der Waals surface area contributed by atoms with Crippen LogP contribution in [0, 0.1) is 0 Å². The van der Waals surface area contributed by atoms with Crippen LogP contribution in [-0.2, 0) is 0 Å². The van der Waals surface area contributed by atoms with Crippen molar-refractivity contribution >= 4 is 55.5 Å². The molecule has 0 fully saturated rings. The zero-order valence-corrected chi connectivity index (χ0v) is 28.4. The van der Waals surface area contributed by atoms with E-state index < -0.39 is 0 Å². The second-order valence-electron chi connectivity index (χ2n) is 12.8. The van der Waals surface area contributed by atoms with Gasteiger partial charge < -0.3 is 0 Å². The number of para-hydroxylation sites is 4. The highest BCUT2D eigenvalue weighted by Gasteiger charge is 2.27. The van der Waals surface area contributed by atoms with Crippen molar-refractivity contribution in [2.75, 3.05) is 0 Å². The molecule has 0 aliphatic heterocycles. The first-order valence-corrected chi connectivity index (χ1v) is 17.2. The van der Waals surface area contributed by atoms with Crippen LogP contribution >= 0.6 is 0 Å². The Kier molecular flexibility index (Phi) is 7.37. The number of pyridine rings is 1. The number of hydrogen-bond acceptors (Lipinski definition) is 3. The summed E-state index contributed by atoms with van der Waals surface area (Å²) in [6, 6.07) is 52.9. The molecule has 0 amide bonds. The number of fused-ring (bicyclic) bond motifs is 6. The summed E-state index contributed by atoms with van der Waals surface area (Å²) in [6.07, 6.45) is 0. The third-order valence-corrected chi connectivity index (χ3v) is 9.79. The minimum atomic E-state index is -0.217. The van der Waals surface area contributed by atoms with E-state index >= 15 is 4.79 Å². The van der Waals surface area contributed by atoms with Crippen LogP contribution in [0.1, 0.15) is 18.1 Å². The van der Waals surface area contributed by atoms with Crippen molar-refractivity contribution in [1.82, 2.24) is 13.5 Å². The monoisotopic (exact) mass is 672 g/mol. The lowest BCUT2D eigenvalue weighted by molar-refractivity contribution is 0.977. The molecule has 0 unspecified atom stereocenters. The maximum Gasteiger partial charge on any atom is 0.266 e. The van der Waals surface area contributed by atoms with Gasteiger partial charge in [0.2, 0.25) is 0 Å². The van der Waals surface area contributed by atoms with E-state index in [0.29, 0.717) is 39.0 Å². The fourth-order valence-corrected chi connectivity index (χ4v) is 7.49. The Hall–Kier alpha value is -7.05. The van der Waals surface area contributed by atoms with Crippen molar-refractivity contribution in [3.8, 4) is 16.8 Å². The van der Waals surface area contributed by atoms with Crippen molar-refractivity contribution in [2.24, 2.45) is 4.99 Å². The summed E-state index contributed by atoms with van der Waals surface area (Å²) in [4.78, 5) is 35.2. The minimum Gasteiger partial charge on any atom is -0.296 e. The molecule has 0 atom stereocenters. The average Bonchev–Trinajstić information content (AvgIpc) is 3.54. The number of rotatable bonds is 5. The van der Waals surface area contributed by atoms with Crippen LogP contribution in [0.3, 0.4) is 0 Å². The number of benzene rings is 6. The van der Waals surface area contributed by atoms with Crippen molar-refractivity contribution in [3.63, 3.8) is 0 Å². The molecule has 0 aliphatic carbocycles. The Morgan fingerprint density at radius 2 is 1.17 bits per heavy atom. The Morgan fingerprint density at radius 1 is 0.596 bits per heavy atom. The number of nitrogens with zero attached hydrogens (tertiary/aromatic N) is 4. The van der Waals surface area contributed by atoms with E-state index in [4.69, 9.17) is 4.99 Å². The van der Waals surface area contributed by atoms with Gasteiger partial charge in [-0.3, -0.25) is 23.1 Å². The zero-order valence-electron chi connectivity index (χ0n) is 28.4. The van der Waals surface area contributed by atoms with Gasteiger partial charge in [0.1, 0.15) is 11.5 Å². The van der Waals surface area contributed by atoms with Gasteiger partial charge in [0, 0.05) is 16.5 Å². The molecule has 9 rings (SSSR count). The Balaban J connectivity index is 1.48. The van der Waals surface area contributed by atoms with Gasteiger partial charge in [0.15, 0.2) is 0 Å². The molecule has 0 saturated carbocycles. The molecule has 248 valence electrons. The first kappa shape index (κ1) is 31.0. The summed E-state index contributed by atoms with van der Waals surface area (Å²) in [5, 5.41) is 1.80. The summed E-state index contributed by atoms with van der Waals surface area (Å²) in [5.74, 6) is 0.662. The fraction of sp³-hybridized carbons (Fsp3) is 0.0217. The highest BCUT2D eigenvalue weighted by atomic mass is 16.1. The lowest BCUT2D eigenvalue weighted by Gasteiger charge is -2.20. The largest absolute Gasteiger partial charge is 0.296 e. The topological polar surface area (TPSA) is 60.8 Å². The first-order valence-electron chi connectivity index (χ1n) is 17.2. The van der Waals surface area contributed by atoms with Crippen LogP contribution in [0.4, 0.5) is 5.69 Å². The summed E-state index contributed by atoms with van der Waals surface area (Å²) >= 11 is 0. The molecule has 6 aromatic carbocycles. The van der Waals surface area contributed by atoms with Gasteiger partial charge in [-0.25, -0.2) is 4.99 Å². The molecule has 3 heterocycles. The zero-order chi connectivity index (χ0) is 35.3. The van der Waals surface area contributed by atoms with Crippen LogP contribution in [0.25, 0.3) is 60.7 Å². The standard InChI is InChI=1S/C46H32N4O2/c1-30(32-18-6-3-7-19-32)35-24-12-15-27-38(35)47-31(2)48-39-28-16-13-25-36(39)42-43(48)41(33-20-8-4-9-21-33)44-49(34-22-10-5-11-23-34)45(51)37-26-14-17-29-40(37)50(44)46(42)52/h3-29H,1H2,2H3/b47-31+. The first-order chi connectivity index (χ1) is 25.5. The van der Waals surface area contributed by atoms with Gasteiger partial charge in [-0.05, 0) is 60.0 Å². The molecule has 3 aromatic heterocycles. The van der Waals surface area contributed by atoms with E-state index in [-0.39, 0.29) is 11.1 Å². The Morgan fingerprint density at radius 3 is 1.90 bits per heavy atom. The molecule has 52 heavy (non-hydrogen) atoms. The van der Waals surface area contributed by atoms with Gasteiger partial charge >= 0.3 is 0 Å². The molecule has 0 aliphatic rings. The maximum atomic E-state index is 15.3. The molecular weight excluding hydrogens is 641 g/mol. The number of hydrogen-bond donors (Lipinski definition) is 0. The van der Waals surface area contributed by atoms with Crippen LogP contribution < -0.4 is 11.1 Å². The van der Waals surface area contributed by atoms with E-state index in [0.717, 1.165) is 44.4 Å².